The molecule has 3 aliphatic rings. The molecule has 0 bridgehead atoms. The molecule has 234 valence electrons. The van der Waals surface area contributed by atoms with Crippen molar-refractivity contribution >= 4 is 35.3 Å². The number of rotatable bonds is 6. The van der Waals surface area contributed by atoms with Gasteiger partial charge in [-0.05, 0) is 63.0 Å². The molecule has 2 aromatic heterocycles. The lowest BCUT2D eigenvalue weighted by Gasteiger charge is -2.30. The second-order valence-electron chi connectivity index (χ2n) is 11.8. The summed E-state index contributed by atoms with van der Waals surface area (Å²) in [6, 6.07) is 3.02. The van der Waals surface area contributed by atoms with Crippen molar-refractivity contribution in [3.63, 3.8) is 0 Å². The molecule has 2 amide bonds. The van der Waals surface area contributed by atoms with Gasteiger partial charge in [-0.25, -0.2) is 4.98 Å². The molecule has 14 heteroatoms. The van der Waals surface area contributed by atoms with Crippen molar-refractivity contribution in [2.75, 3.05) is 54.4 Å². The molecule has 0 aromatic carbocycles. The number of halogens is 3. The Balaban J connectivity index is 1.19. The molecule has 1 unspecified atom stereocenters. The Labute approximate surface area is 247 Å². The number of carbonyl (C=O) groups excluding carboxylic acids is 2. The van der Waals surface area contributed by atoms with Gasteiger partial charge < -0.3 is 29.5 Å². The second-order valence-corrected chi connectivity index (χ2v) is 11.8. The topological polar surface area (TPSA) is 132 Å². The van der Waals surface area contributed by atoms with Crippen LogP contribution in [0.2, 0.25) is 0 Å². The smallest absolute Gasteiger partial charge is 0.437 e. The SMILES string of the molecule is CC1CCCN(c2nc(C(F)(F)F)c(C(=O)Nc3ccc(N4CCCN(C(=O)C5CCC(C(=O)O)CC5)CC4)nc3)o2)C1. The number of amides is 2. The van der Waals surface area contributed by atoms with Crippen molar-refractivity contribution < 1.29 is 37.1 Å². The van der Waals surface area contributed by atoms with Crippen LogP contribution in [-0.2, 0) is 15.8 Å². The summed E-state index contributed by atoms with van der Waals surface area (Å²) in [5.41, 5.74) is -1.16. The van der Waals surface area contributed by atoms with Crippen molar-refractivity contribution in [3.05, 3.63) is 29.8 Å². The summed E-state index contributed by atoms with van der Waals surface area (Å²) in [5, 5.41) is 11.7. The second kappa shape index (κ2) is 12.8. The van der Waals surface area contributed by atoms with Crippen molar-refractivity contribution in [3.8, 4) is 0 Å². The number of aromatic nitrogens is 2. The maximum Gasteiger partial charge on any atom is 0.437 e. The lowest BCUT2D eigenvalue weighted by molar-refractivity contribution is -0.145. The van der Waals surface area contributed by atoms with E-state index in [2.05, 4.69) is 15.3 Å². The molecule has 1 saturated carbocycles. The number of carbonyl (C=O) groups is 3. The zero-order valence-electron chi connectivity index (χ0n) is 24.1. The van der Waals surface area contributed by atoms with E-state index < -0.39 is 29.5 Å². The Hall–Kier alpha value is -3.84. The number of hydrogen-bond acceptors (Lipinski definition) is 8. The molecule has 43 heavy (non-hydrogen) atoms. The van der Waals surface area contributed by atoms with Gasteiger partial charge in [-0.15, -0.1) is 0 Å². The summed E-state index contributed by atoms with van der Waals surface area (Å²) in [5.74, 6) is -2.31. The molecule has 1 atom stereocenters. The van der Waals surface area contributed by atoms with Crippen LogP contribution in [0.25, 0.3) is 0 Å². The van der Waals surface area contributed by atoms with E-state index >= 15 is 0 Å². The maximum atomic E-state index is 13.7. The first-order chi connectivity index (χ1) is 20.5. The minimum atomic E-state index is -4.86. The van der Waals surface area contributed by atoms with Crippen molar-refractivity contribution in [1.82, 2.24) is 14.9 Å². The average Bonchev–Trinajstić information content (AvgIpc) is 3.31. The molecule has 1 aliphatic carbocycles. The predicted molar refractivity (Wildman–Crippen MR) is 151 cm³/mol. The molecule has 2 aromatic rings. The van der Waals surface area contributed by atoms with E-state index in [9.17, 15) is 32.7 Å². The van der Waals surface area contributed by atoms with Gasteiger partial charge in [0, 0.05) is 45.2 Å². The largest absolute Gasteiger partial charge is 0.481 e. The Bertz CT molecular complexity index is 1310. The fourth-order valence-electron chi connectivity index (χ4n) is 6.20. The van der Waals surface area contributed by atoms with E-state index in [0.717, 1.165) is 19.3 Å². The van der Waals surface area contributed by atoms with Gasteiger partial charge in [0.25, 0.3) is 11.9 Å². The first-order valence-corrected chi connectivity index (χ1v) is 14.9. The molecule has 2 aliphatic heterocycles. The van der Waals surface area contributed by atoms with Gasteiger partial charge in [-0.3, -0.25) is 14.4 Å². The van der Waals surface area contributed by atoms with Crippen LogP contribution < -0.4 is 15.1 Å². The van der Waals surface area contributed by atoms with E-state index in [-0.39, 0.29) is 35.4 Å². The number of nitrogens with one attached hydrogen (secondary N) is 1. The number of carboxylic acids is 1. The molecule has 5 rings (SSSR count). The Morgan fingerprint density at radius 3 is 2.33 bits per heavy atom. The first kappa shape index (κ1) is 30.6. The summed E-state index contributed by atoms with van der Waals surface area (Å²) >= 11 is 0. The summed E-state index contributed by atoms with van der Waals surface area (Å²) in [6.07, 6.45) is 1.20. The first-order valence-electron chi connectivity index (χ1n) is 14.9. The van der Waals surface area contributed by atoms with E-state index in [0.29, 0.717) is 70.8 Å². The number of pyridine rings is 1. The van der Waals surface area contributed by atoms with Crippen molar-refractivity contribution in [2.24, 2.45) is 17.8 Å². The number of hydrogen-bond donors (Lipinski definition) is 2. The molecule has 3 fully saturated rings. The predicted octanol–water partition coefficient (Wildman–Crippen LogP) is 4.51. The summed E-state index contributed by atoms with van der Waals surface area (Å²) < 4.78 is 46.6. The van der Waals surface area contributed by atoms with Crippen molar-refractivity contribution in [1.29, 1.82) is 0 Å². The third-order valence-corrected chi connectivity index (χ3v) is 8.58. The standard InChI is InChI=1S/C29H37F3N6O5/c1-18-4-2-11-38(17-18)28-35-24(29(30,31)32)23(43-28)25(39)34-21-9-10-22(33-16-21)36-12-3-13-37(15-14-36)26(40)19-5-7-20(8-6-19)27(41)42/h9-10,16,18-20H,2-8,11-15,17H2,1H3,(H,34,39)(H,41,42). The van der Waals surface area contributed by atoms with E-state index in [1.54, 1.807) is 17.0 Å². The van der Waals surface area contributed by atoms with Gasteiger partial charge in [0.2, 0.25) is 11.7 Å². The van der Waals surface area contributed by atoms with E-state index in [4.69, 9.17) is 4.42 Å². The fourth-order valence-corrected chi connectivity index (χ4v) is 6.20. The molecule has 4 heterocycles. The number of carboxylic acid groups (broad SMARTS) is 1. The van der Waals surface area contributed by atoms with E-state index in [1.165, 1.54) is 6.20 Å². The molecular formula is C29H37F3N6O5. The van der Waals surface area contributed by atoms with Gasteiger partial charge in [0.15, 0.2) is 5.69 Å². The van der Waals surface area contributed by atoms with Crippen LogP contribution in [0.1, 0.15) is 68.1 Å². The third kappa shape index (κ3) is 7.21. The fraction of sp³-hybridized carbons (Fsp3) is 0.621. The van der Waals surface area contributed by atoms with Crippen molar-refractivity contribution in [2.45, 2.75) is 58.0 Å². The highest BCUT2D eigenvalue weighted by atomic mass is 19.4. The van der Waals surface area contributed by atoms with Crippen LogP contribution in [0.4, 0.5) is 30.7 Å². The lowest BCUT2D eigenvalue weighted by atomic mass is 9.81. The van der Waals surface area contributed by atoms with Crippen LogP contribution in [0.3, 0.4) is 0 Å². The van der Waals surface area contributed by atoms with Gasteiger partial charge in [-0.2, -0.15) is 18.2 Å². The summed E-state index contributed by atoms with van der Waals surface area (Å²) in [7, 11) is 0. The van der Waals surface area contributed by atoms with Crippen LogP contribution in [-0.4, -0.2) is 77.0 Å². The molecule has 11 nitrogen and oxygen atoms in total. The number of oxazole rings is 1. The van der Waals surface area contributed by atoms with E-state index in [1.807, 2.05) is 16.7 Å². The lowest BCUT2D eigenvalue weighted by Crippen LogP contribution is -2.40. The zero-order valence-corrected chi connectivity index (χ0v) is 24.1. The summed E-state index contributed by atoms with van der Waals surface area (Å²) in [6.45, 7) is 5.30. The van der Waals surface area contributed by atoms with Gasteiger partial charge >= 0.3 is 12.1 Å². The Morgan fingerprint density at radius 2 is 1.67 bits per heavy atom. The number of aliphatic carboxylic acids is 1. The monoisotopic (exact) mass is 606 g/mol. The summed E-state index contributed by atoms with van der Waals surface area (Å²) in [4.78, 5) is 50.8. The third-order valence-electron chi connectivity index (χ3n) is 8.58. The number of piperidine rings is 1. The minimum Gasteiger partial charge on any atom is -0.481 e. The van der Waals surface area contributed by atoms with Crippen LogP contribution in [0, 0.1) is 17.8 Å². The van der Waals surface area contributed by atoms with Crippen LogP contribution in [0.15, 0.2) is 22.7 Å². The highest BCUT2D eigenvalue weighted by Crippen LogP contribution is 2.35. The Morgan fingerprint density at radius 1 is 0.953 bits per heavy atom. The molecule has 0 radical (unpaired) electrons. The quantitative estimate of drug-likeness (QED) is 0.488. The average molecular weight is 607 g/mol. The van der Waals surface area contributed by atoms with Gasteiger partial charge in [0.05, 0.1) is 17.8 Å². The number of alkyl halides is 3. The zero-order chi connectivity index (χ0) is 30.7. The van der Waals surface area contributed by atoms with Crippen LogP contribution in [0.5, 0.6) is 0 Å². The van der Waals surface area contributed by atoms with Gasteiger partial charge in [0.1, 0.15) is 5.82 Å². The molecule has 0 spiro atoms. The Kier molecular flexibility index (Phi) is 9.11. The van der Waals surface area contributed by atoms with Gasteiger partial charge in [-0.1, -0.05) is 6.92 Å². The number of nitrogens with zero attached hydrogens (tertiary/aromatic N) is 5. The molecule has 2 N–H and O–H groups in total. The maximum absolute atomic E-state index is 13.7. The molecule has 2 saturated heterocycles. The minimum absolute atomic E-state index is 0.0697. The normalized spacial score (nSPS) is 23.5. The number of anilines is 3. The van der Waals surface area contributed by atoms with Crippen LogP contribution >= 0.6 is 0 Å². The highest BCUT2D eigenvalue weighted by molar-refractivity contribution is 6.03. The molecular weight excluding hydrogens is 569 g/mol. The highest BCUT2D eigenvalue weighted by Gasteiger charge is 2.42.